The third-order valence-corrected chi connectivity index (χ3v) is 6.00. The molecule has 2 saturated carbocycles. The quantitative estimate of drug-likeness (QED) is 0.341. The van der Waals surface area contributed by atoms with Gasteiger partial charge in [-0.2, -0.15) is 0 Å². The van der Waals surface area contributed by atoms with Crippen molar-refractivity contribution in [1.82, 2.24) is 0 Å². The molecule has 0 saturated heterocycles. The number of aliphatic hydroxyl groups is 2. The predicted molar refractivity (Wildman–Crippen MR) is 100.0 cm³/mol. The Morgan fingerprint density at radius 1 is 1.23 bits per heavy atom. The topological polar surface area (TPSA) is 99.4 Å². The van der Waals surface area contributed by atoms with Crippen molar-refractivity contribution < 1.29 is 25.0 Å². The van der Waals surface area contributed by atoms with E-state index in [4.69, 9.17) is 9.94 Å². The van der Waals surface area contributed by atoms with Gasteiger partial charge in [-0.1, -0.05) is 50.6 Å². The summed E-state index contributed by atoms with van der Waals surface area (Å²) >= 11 is 0. The van der Waals surface area contributed by atoms with Gasteiger partial charge >= 0.3 is 5.97 Å². The number of oxime groups is 1. The molecule has 0 aromatic carbocycles. The Bertz CT molecular complexity index is 467. The van der Waals surface area contributed by atoms with E-state index in [-0.39, 0.29) is 30.0 Å². The number of aliphatic hydroxyl groups excluding tert-OH is 2. The summed E-state index contributed by atoms with van der Waals surface area (Å²) in [6.07, 6.45) is 10.8. The van der Waals surface area contributed by atoms with Crippen LogP contribution in [0.4, 0.5) is 0 Å². The smallest absolute Gasteiger partial charge is 0.344 e. The van der Waals surface area contributed by atoms with Crippen molar-refractivity contribution in [3.05, 3.63) is 0 Å². The summed E-state index contributed by atoms with van der Waals surface area (Å²) in [5, 5.41) is 33.1. The van der Waals surface area contributed by atoms with E-state index >= 15 is 0 Å². The van der Waals surface area contributed by atoms with Gasteiger partial charge in [0.2, 0.25) is 6.61 Å². The number of hydrogen-bond donors (Lipinski definition) is 3. The Labute approximate surface area is 156 Å². The summed E-state index contributed by atoms with van der Waals surface area (Å²) in [4.78, 5) is 15.3. The average Bonchev–Trinajstić information content (AvgIpc) is 2.83. The van der Waals surface area contributed by atoms with Crippen molar-refractivity contribution in [1.29, 1.82) is 0 Å². The summed E-state index contributed by atoms with van der Waals surface area (Å²) < 4.78 is 0. The molecule has 0 bridgehead atoms. The molecule has 150 valence electrons. The maximum absolute atomic E-state index is 10.5. The van der Waals surface area contributed by atoms with Crippen molar-refractivity contribution in [2.75, 3.05) is 6.61 Å². The first-order chi connectivity index (χ1) is 12.5. The minimum absolute atomic E-state index is 0.205. The number of hydrogen-bond acceptors (Lipinski definition) is 5. The third-order valence-electron chi connectivity index (χ3n) is 6.00. The Balaban J connectivity index is 1.61. The highest BCUT2D eigenvalue weighted by Crippen LogP contribution is 2.49. The van der Waals surface area contributed by atoms with Crippen molar-refractivity contribution in [3.8, 4) is 0 Å². The van der Waals surface area contributed by atoms with Crippen molar-refractivity contribution in [2.24, 2.45) is 22.9 Å². The van der Waals surface area contributed by atoms with Crippen LogP contribution >= 0.6 is 0 Å². The first-order valence-electron chi connectivity index (χ1n) is 10.3. The molecule has 0 heterocycles. The summed E-state index contributed by atoms with van der Waals surface area (Å²) in [6, 6.07) is 0. The Morgan fingerprint density at radius 3 is 2.69 bits per heavy atom. The van der Waals surface area contributed by atoms with E-state index in [0.717, 1.165) is 37.8 Å². The molecule has 0 aromatic rings. The second-order valence-corrected chi connectivity index (χ2v) is 8.00. The van der Waals surface area contributed by atoms with E-state index in [1.54, 1.807) is 0 Å². The molecule has 0 radical (unpaired) electrons. The van der Waals surface area contributed by atoms with Crippen LogP contribution in [0.25, 0.3) is 0 Å². The van der Waals surface area contributed by atoms with Crippen LogP contribution in [0.1, 0.15) is 77.6 Å². The first-order valence-corrected chi connectivity index (χ1v) is 10.3. The summed E-state index contributed by atoms with van der Waals surface area (Å²) in [6.45, 7) is 1.79. The lowest BCUT2D eigenvalue weighted by molar-refractivity contribution is -0.142. The van der Waals surface area contributed by atoms with Crippen LogP contribution in [-0.4, -0.2) is 45.8 Å². The molecule has 0 spiro atoms. The zero-order chi connectivity index (χ0) is 18.9. The Morgan fingerprint density at radius 2 is 1.96 bits per heavy atom. The molecule has 5 unspecified atom stereocenters. The van der Waals surface area contributed by atoms with Gasteiger partial charge in [0.15, 0.2) is 0 Å². The van der Waals surface area contributed by atoms with Crippen LogP contribution in [0, 0.1) is 17.8 Å². The number of carbonyl (C=O) groups is 1. The van der Waals surface area contributed by atoms with Crippen molar-refractivity contribution >= 4 is 11.7 Å². The van der Waals surface area contributed by atoms with Gasteiger partial charge in [0, 0.05) is 5.92 Å². The number of fused-ring (bicyclic) bond motifs is 1. The zero-order valence-electron chi connectivity index (χ0n) is 16.0. The number of nitrogens with zero attached hydrogens (tertiary/aromatic N) is 1. The number of aliphatic carboxylic acids is 1. The largest absolute Gasteiger partial charge is 0.479 e. The maximum Gasteiger partial charge on any atom is 0.344 e. The first kappa shape index (κ1) is 21.2. The lowest BCUT2D eigenvalue weighted by Gasteiger charge is -2.33. The highest BCUT2D eigenvalue weighted by atomic mass is 16.6. The molecule has 2 aliphatic carbocycles. The van der Waals surface area contributed by atoms with Gasteiger partial charge in [0.05, 0.1) is 17.9 Å². The van der Waals surface area contributed by atoms with Gasteiger partial charge in [-0.25, -0.2) is 4.79 Å². The van der Waals surface area contributed by atoms with Crippen LogP contribution in [0.15, 0.2) is 5.16 Å². The van der Waals surface area contributed by atoms with E-state index in [2.05, 4.69) is 12.1 Å². The van der Waals surface area contributed by atoms with E-state index in [1.165, 1.54) is 32.1 Å². The number of rotatable bonds is 13. The molecule has 0 aliphatic heterocycles. The highest BCUT2D eigenvalue weighted by molar-refractivity contribution is 5.93. The second-order valence-electron chi connectivity index (χ2n) is 8.00. The van der Waals surface area contributed by atoms with Crippen LogP contribution in [-0.2, 0) is 9.63 Å². The number of unbranched alkanes of at least 4 members (excludes halogenated alkanes) is 5. The van der Waals surface area contributed by atoms with Gasteiger partial charge < -0.3 is 20.2 Å². The Hall–Kier alpha value is -1.14. The standard InChI is InChI=1S/C20H35NO5/c1-2-3-4-5-6-7-8-15(22)10-9-14-11-16-17(20(14)25)12-18(16)21-26-13-19(23)24/h14-17,20,22,25H,2-13H2,1H3,(H,23,24). The molecule has 2 fully saturated rings. The fourth-order valence-electron chi connectivity index (χ4n) is 4.38. The Kier molecular flexibility index (Phi) is 8.85. The highest BCUT2D eigenvalue weighted by Gasteiger charge is 2.51. The molecule has 2 aliphatic rings. The molecule has 6 heteroatoms. The van der Waals surface area contributed by atoms with Crippen molar-refractivity contribution in [3.63, 3.8) is 0 Å². The number of carboxylic acid groups (broad SMARTS) is 1. The third kappa shape index (κ3) is 6.23. The molecular formula is C20H35NO5. The summed E-state index contributed by atoms with van der Waals surface area (Å²) in [5.74, 6) is -0.382. The maximum atomic E-state index is 10.5. The van der Waals surface area contributed by atoms with Crippen LogP contribution in [0.5, 0.6) is 0 Å². The normalized spacial score (nSPS) is 30.0. The SMILES string of the molecule is CCCCCCCCC(O)CCC1CC2C(=NOCC(=O)O)CC2C1O. The zero-order valence-corrected chi connectivity index (χ0v) is 16.0. The molecule has 0 aromatic heterocycles. The lowest BCUT2D eigenvalue weighted by Crippen LogP contribution is -2.38. The molecule has 26 heavy (non-hydrogen) atoms. The average molecular weight is 370 g/mol. The van der Waals surface area contributed by atoms with Crippen LogP contribution < -0.4 is 0 Å². The van der Waals surface area contributed by atoms with Gasteiger partial charge in [-0.15, -0.1) is 0 Å². The van der Waals surface area contributed by atoms with Crippen LogP contribution in [0.2, 0.25) is 0 Å². The summed E-state index contributed by atoms with van der Waals surface area (Å²) in [5.41, 5.74) is 0.880. The monoisotopic (exact) mass is 369 g/mol. The molecule has 3 N–H and O–H groups in total. The van der Waals surface area contributed by atoms with E-state index in [1.807, 2.05) is 0 Å². The van der Waals surface area contributed by atoms with Crippen molar-refractivity contribution in [2.45, 2.75) is 89.8 Å². The van der Waals surface area contributed by atoms with Gasteiger partial charge in [-0.3, -0.25) is 0 Å². The fourth-order valence-corrected chi connectivity index (χ4v) is 4.38. The van der Waals surface area contributed by atoms with E-state index < -0.39 is 12.6 Å². The van der Waals surface area contributed by atoms with E-state index in [9.17, 15) is 15.0 Å². The molecular weight excluding hydrogens is 334 g/mol. The van der Waals surface area contributed by atoms with Gasteiger partial charge in [0.25, 0.3) is 0 Å². The molecule has 2 rings (SSSR count). The van der Waals surface area contributed by atoms with Crippen LogP contribution in [0.3, 0.4) is 0 Å². The fraction of sp³-hybridized carbons (Fsp3) is 0.900. The molecule has 6 nitrogen and oxygen atoms in total. The minimum Gasteiger partial charge on any atom is -0.479 e. The predicted octanol–water partition coefficient (Wildman–Crippen LogP) is 3.35. The second kappa shape index (κ2) is 10.9. The molecule has 5 atom stereocenters. The minimum atomic E-state index is -1.03. The lowest BCUT2D eigenvalue weighted by atomic mass is 9.73. The molecule has 0 amide bonds. The van der Waals surface area contributed by atoms with E-state index in [0.29, 0.717) is 6.42 Å². The number of carboxylic acids is 1. The summed E-state index contributed by atoms with van der Waals surface area (Å²) in [7, 11) is 0. The van der Waals surface area contributed by atoms with Gasteiger partial charge in [-0.05, 0) is 43.9 Å². The van der Waals surface area contributed by atoms with Gasteiger partial charge in [0.1, 0.15) is 0 Å².